The predicted octanol–water partition coefficient (Wildman–Crippen LogP) is 2.16. The average Bonchev–Trinajstić information content (AvgIpc) is 2.65. The molecular weight excluding hydrogens is 304 g/mol. The molecule has 0 radical (unpaired) electrons. The Morgan fingerprint density at radius 2 is 1.83 bits per heavy atom. The fourth-order valence-corrected chi connectivity index (χ4v) is 2.80. The molecule has 0 saturated heterocycles. The number of nitrogens with zero attached hydrogens (tertiary/aromatic N) is 1. The first-order valence-electron chi connectivity index (χ1n) is 8.00. The zero-order valence-corrected chi connectivity index (χ0v) is 13.6. The first-order valence-corrected chi connectivity index (χ1v) is 8.00. The van der Waals surface area contributed by atoms with Gasteiger partial charge in [-0.15, -0.1) is 0 Å². The van der Waals surface area contributed by atoms with E-state index in [9.17, 15) is 9.59 Å². The van der Waals surface area contributed by atoms with Crippen LogP contribution in [0.4, 0.5) is 5.69 Å². The van der Waals surface area contributed by atoms with Gasteiger partial charge in [0.25, 0.3) is 5.91 Å². The van der Waals surface area contributed by atoms with Gasteiger partial charge in [0.1, 0.15) is 5.75 Å². The van der Waals surface area contributed by atoms with Crippen LogP contribution in [-0.2, 0) is 16.0 Å². The number of anilines is 1. The van der Waals surface area contributed by atoms with E-state index in [1.54, 1.807) is 18.0 Å². The third-order valence-electron chi connectivity index (χ3n) is 4.08. The van der Waals surface area contributed by atoms with Crippen LogP contribution in [0, 0.1) is 0 Å². The smallest absolute Gasteiger partial charge is 0.262 e. The minimum atomic E-state index is -0.689. The summed E-state index contributed by atoms with van der Waals surface area (Å²) < 4.78 is 5.72. The molecule has 2 aromatic rings. The van der Waals surface area contributed by atoms with Crippen molar-refractivity contribution in [2.45, 2.75) is 18.9 Å². The second kappa shape index (κ2) is 7.17. The molecule has 2 aromatic carbocycles. The first kappa shape index (κ1) is 16.1. The van der Waals surface area contributed by atoms with Crippen LogP contribution < -0.4 is 15.0 Å². The molecule has 0 fully saturated rings. The molecular formula is C19H20N2O3. The third-order valence-corrected chi connectivity index (χ3v) is 4.08. The standard InChI is InChI=1S/C19H20N2O3/c1-20-19(23)17-13-21(15-9-5-6-10-16(15)24-17)18(22)12-11-14-7-3-2-4-8-14/h2-10,17H,11-13H2,1H3,(H,20,23). The highest BCUT2D eigenvalue weighted by molar-refractivity contribution is 5.97. The Morgan fingerprint density at radius 3 is 2.58 bits per heavy atom. The summed E-state index contributed by atoms with van der Waals surface area (Å²) in [5, 5.41) is 2.58. The van der Waals surface area contributed by atoms with Gasteiger partial charge in [-0.2, -0.15) is 0 Å². The Bertz CT molecular complexity index is 730. The number of nitrogens with one attached hydrogen (secondary N) is 1. The summed E-state index contributed by atoms with van der Waals surface area (Å²) in [6.45, 7) is 0.226. The Hall–Kier alpha value is -2.82. The number of para-hydroxylation sites is 2. The van der Waals surface area contributed by atoms with Gasteiger partial charge in [-0.1, -0.05) is 42.5 Å². The molecule has 1 unspecified atom stereocenters. The highest BCUT2D eigenvalue weighted by Gasteiger charge is 2.32. The van der Waals surface area contributed by atoms with Gasteiger partial charge in [-0.05, 0) is 24.1 Å². The molecule has 2 amide bonds. The summed E-state index contributed by atoms with van der Waals surface area (Å²) in [5.74, 6) is 0.319. The molecule has 0 aliphatic carbocycles. The lowest BCUT2D eigenvalue weighted by Gasteiger charge is -2.34. The van der Waals surface area contributed by atoms with Crippen LogP contribution in [0.25, 0.3) is 0 Å². The van der Waals surface area contributed by atoms with E-state index in [1.165, 1.54) is 0 Å². The third kappa shape index (κ3) is 3.40. The number of hydrogen-bond donors (Lipinski definition) is 1. The van der Waals surface area contributed by atoms with Gasteiger partial charge in [0.2, 0.25) is 5.91 Å². The number of rotatable bonds is 4. The maximum Gasteiger partial charge on any atom is 0.262 e. The molecule has 0 bridgehead atoms. The highest BCUT2D eigenvalue weighted by atomic mass is 16.5. The molecule has 0 saturated carbocycles. The number of likely N-dealkylation sites (N-methyl/N-ethyl adjacent to an activating group) is 1. The van der Waals surface area contributed by atoms with Gasteiger partial charge < -0.3 is 15.0 Å². The predicted molar refractivity (Wildman–Crippen MR) is 92.0 cm³/mol. The van der Waals surface area contributed by atoms with Crippen LogP contribution in [0.5, 0.6) is 5.75 Å². The van der Waals surface area contributed by atoms with Crippen molar-refractivity contribution in [3.8, 4) is 5.75 Å². The maximum atomic E-state index is 12.7. The summed E-state index contributed by atoms with van der Waals surface area (Å²) in [6.07, 6.45) is 0.369. The summed E-state index contributed by atoms with van der Waals surface area (Å²) in [7, 11) is 1.56. The van der Waals surface area contributed by atoms with Crippen LogP contribution in [0.3, 0.4) is 0 Å². The lowest BCUT2D eigenvalue weighted by molar-refractivity contribution is -0.127. The average molecular weight is 324 g/mol. The Morgan fingerprint density at radius 1 is 1.12 bits per heavy atom. The molecule has 3 rings (SSSR count). The second-order valence-electron chi connectivity index (χ2n) is 5.68. The van der Waals surface area contributed by atoms with Gasteiger partial charge in [0.05, 0.1) is 12.2 Å². The van der Waals surface area contributed by atoms with Gasteiger partial charge in [0.15, 0.2) is 6.10 Å². The van der Waals surface area contributed by atoms with E-state index in [-0.39, 0.29) is 18.4 Å². The number of hydrogen-bond acceptors (Lipinski definition) is 3. The molecule has 5 heteroatoms. The van der Waals surface area contributed by atoms with Crippen molar-refractivity contribution in [3.05, 3.63) is 60.2 Å². The summed E-state index contributed by atoms with van der Waals surface area (Å²) in [6, 6.07) is 17.2. The van der Waals surface area contributed by atoms with Gasteiger partial charge in [-0.25, -0.2) is 0 Å². The number of carbonyl (C=O) groups excluding carboxylic acids is 2. The van der Waals surface area contributed by atoms with E-state index in [0.717, 1.165) is 11.3 Å². The van der Waals surface area contributed by atoms with Crippen molar-refractivity contribution in [3.63, 3.8) is 0 Å². The molecule has 0 aromatic heterocycles. The van der Waals surface area contributed by atoms with Crippen LogP contribution in [0.2, 0.25) is 0 Å². The summed E-state index contributed by atoms with van der Waals surface area (Å²) >= 11 is 0. The van der Waals surface area contributed by atoms with Crippen molar-refractivity contribution in [2.75, 3.05) is 18.5 Å². The van der Waals surface area contributed by atoms with E-state index in [4.69, 9.17) is 4.74 Å². The Balaban J connectivity index is 1.77. The van der Waals surface area contributed by atoms with E-state index < -0.39 is 6.10 Å². The second-order valence-corrected chi connectivity index (χ2v) is 5.68. The Kier molecular flexibility index (Phi) is 4.79. The van der Waals surface area contributed by atoms with Gasteiger partial charge >= 0.3 is 0 Å². The van der Waals surface area contributed by atoms with E-state index in [2.05, 4.69) is 5.32 Å². The van der Waals surface area contributed by atoms with Gasteiger partial charge in [-0.3, -0.25) is 9.59 Å². The van der Waals surface area contributed by atoms with Crippen molar-refractivity contribution in [1.29, 1.82) is 0 Å². The van der Waals surface area contributed by atoms with Crippen molar-refractivity contribution in [2.24, 2.45) is 0 Å². The fourth-order valence-electron chi connectivity index (χ4n) is 2.80. The number of ether oxygens (including phenoxy) is 1. The Labute approximate surface area is 141 Å². The number of fused-ring (bicyclic) bond motifs is 1. The van der Waals surface area contributed by atoms with Crippen molar-refractivity contribution in [1.82, 2.24) is 5.32 Å². The molecule has 124 valence electrons. The fraction of sp³-hybridized carbons (Fsp3) is 0.263. The van der Waals surface area contributed by atoms with Crippen LogP contribution >= 0.6 is 0 Å². The minimum absolute atomic E-state index is 0.0106. The number of aryl methyl sites for hydroxylation is 1. The monoisotopic (exact) mass is 324 g/mol. The summed E-state index contributed by atoms with van der Waals surface area (Å²) in [5.41, 5.74) is 1.84. The van der Waals surface area contributed by atoms with E-state index >= 15 is 0 Å². The SMILES string of the molecule is CNC(=O)C1CN(C(=O)CCc2ccccc2)c2ccccc2O1. The maximum absolute atomic E-state index is 12.7. The molecule has 1 heterocycles. The number of benzene rings is 2. The largest absolute Gasteiger partial charge is 0.477 e. The molecule has 5 nitrogen and oxygen atoms in total. The minimum Gasteiger partial charge on any atom is -0.477 e. The first-order chi connectivity index (χ1) is 11.7. The van der Waals surface area contributed by atoms with Crippen LogP contribution in [-0.4, -0.2) is 31.5 Å². The highest BCUT2D eigenvalue weighted by Crippen LogP contribution is 2.33. The lowest BCUT2D eigenvalue weighted by Crippen LogP contribution is -2.50. The number of amides is 2. The normalized spacial score (nSPS) is 16.0. The molecule has 0 spiro atoms. The number of carbonyl (C=O) groups is 2. The van der Waals surface area contributed by atoms with Crippen LogP contribution in [0.1, 0.15) is 12.0 Å². The molecule has 24 heavy (non-hydrogen) atoms. The van der Waals surface area contributed by atoms with Crippen molar-refractivity contribution < 1.29 is 14.3 Å². The summed E-state index contributed by atoms with van der Waals surface area (Å²) in [4.78, 5) is 26.3. The quantitative estimate of drug-likeness (QED) is 0.937. The van der Waals surface area contributed by atoms with Crippen LogP contribution in [0.15, 0.2) is 54.6 Å². The molecule has 1 aliphatic rings. The van der Waals surface area contributed by atoms with E-state index in [0.29, 0.717) is 18.6 Å². The van der Waals surface area contributed by atoms with Gasteiger partial charge in [0, 0.05) is 13.5 Å². The molecule has 1 N–H and O–H groups in total. The lowest BCUT2D eigenvalue weighted by atomic mass is 10.1. The zero-order chi connectivity index (χ0) is 16.9. The molecule has 1 aliphatic heterocycles. The zero-order valence-electron chi connectivity index (χ0n) is 13.6. The molecule has 1 atom stereocenters. The van der Waals surface area contributed by atoms with E-state index in [1.807, 2.05) is 48.5 Å². The topological polar surface area (TPSA) is 58.6 Å². The van der Waals surface area contributed by atoms with Crippen molar-refractivity contribution >= 4 is 17.5 Å².